The van der Waals surface area contributed by atoms with Crippen molar-refractivity contribution in [2.75, 3.05) is 26.7 Å². The van der Waals surface area contributed by atoms with Gasteiger partial charge in [-0.15, -0.1) is 0 Å². The van der Waals surface area contributed by atoms with Crippen LogP contribution in [-0.4, -0.2) is 66.7 Å². The Morgan fingerprint density at radius 1 is 1.00 bits per heavy atom. The average Bonchev–Trinajstić information content (AvgIpc) is 2.93. The largest absolute Gasteiger partial charge is 0.297 e. The van der Waals surface area contributed by atoms with Crippen LogP contribution >= 0.6 is 0 Å². The maximum absolute atomic E-state index is 13.0. The molecule has 0 aromatic rings. The Morgan fingerprint density at radius 2 is 1.71 bits per heavy atom. The Hall–Kier alpha value is -0.170. The lowest BCUT2D eigenvalue weighted by Crippen LogP contribution is -2.60. The van der Waals surface area contributed by atoms with E-state index < -0.39 is 10.2 Å². The zero-order valence-corrected chi connectivity index (χ0v) is 14.2. The third-order valence-electron chi connectivity index (χ3n) is 5.63. The zero-order chi connectivity index (χ0) is 15.0. The molecule has 0 spiro atoms. The topological polar surface area (TPSA) is 43.9 Å². The average molecular weight is 315 g/mol. The first-order valence-electron chi connectivity index (χ1n) is 8.49. The van der Waals surface area contributed by atoms with Gasteiger partial charge in [-0.05, 0) is 39.2 Å². The summed E-state index contributed by atoms with van der Waals surface area (Å²) in [5.41, 5.74) is 0. The first-order valence-corrected chi connectivity index (χ1v) is 9.88. The summed E-state index contributed by atoms with van der Waals surface area (Å²) in [5.74, 6) is 0. The highest BCUT2D eigenvalue weighted by atomic mass is 32.2. The maximum Gasteiger partial charge on any atom is 0.282 e. The zero-order valence-electron chi connectivity index (χ0n) is 13.4. The van der Waals surface area contributed by atoms with Gasteiger partial charge in [-0.3, -0.25) is 4.90 Å². The fraction of sp³-hybridized carbons (Fsp3) is 1.00. The molecule has 3 rings (SSSR count). The summed E-state index contributed by atoms with van der Waals surface area (Å²) in [6.45, 7) is 4.77. The van der Waals surface area contributed by atoms with Crippen molar-refractivity contribution >= 4 is 10.2 Å². The first kappa shape index (κ1) is 15.7. The van der Waals surface area contributed by atoms with Gasteiger partial charge in [0.25, 0.3) is 10.2 Å². The molecule has 3 fully saturated rings. The van der Waals surface area contributed by atoms with E-state index in [1.165, 1.54) is 12.8 Å². The summed E-state index contributed by atoms with van der Waals surface area (Å²) in [6.07, 6.45) is 7.98. The normalized spacial score (nSPS) is 33.5. The summed E-state index contributed by atoms with van der Waals surface area (Å²) in [7, 11) is -1.52. The molecule has 122 valence electrons. The van der Waals surface area contributed by atoms with Gasteiger partial charge >= 0.3 is 0 Å². The lowest BCUT2D eigenvalue weighted by atomic mass is 9.96. The Bertz CT molecular complexity index is 462. The molecule has 0 amide bonds. The molecule has 0 bridgehead atoms. The van der Waals surface area contributed by atoms with Crippen molar-refractivity contribution in [3.8, 4) is 0 Å². The highest BCUT2D eigenvalue weighted by Crippen LogP contribution is 2.30. The van der Waals surface area contributed by atoms with Crippen LogP contribution in [0.2, 0.25) is 0 Å². The molecule has 0 N–H and O–H groups in total. The van der Waals surface area contributed by atoms with E-state index in [-0.39, 0.29) is 12.1 Å². The van der Waals surface area contributed by atoms with E-state index in [1.54, 1.807) is 15.7 Å². The smallest absolute Gasteiger partial charge is 0.282 e. The van der Waals surface area contributed by atoms with Gasteiger partial charge in [-0.25, -0.2) is 0 Å². The SMILES string of the molecule is C[C@@H]1CN2CCC[C@@H]2CN1S(=O)(=O)N(C)C1CCCCC1. The van der Waals surface area contributed by atoms with Crippen molar-refractivity contribution < 1.29 is 8.42 Å². The van der Waals surface area contributed by atoms with Gasteiger partial charge in [0.05, 0.1) is 0 Å². The lowest BCUT2D eigenvalue weighted by Gasteiger charge is -2.44. The van der Waals surface area contributed by atoms with E-state index in [9.17, 15) is 8.42 Å². The Kier molecular flexibility index (Phi) is 4.60. The predicted octanol–water partition coefficient (Wildman–Crippen LogP) is 1.66. The fourth-order valence-electron chi connectivity index (χ4n) is 4.28. The molecule has 3 aliphatic rings. The van der Waals surface area contributed by atoms with Crippen LogP contribution in [0.15, 0.2) is 0 Å². The highest BCUT2D eigenvalue weighted by Gasteiger charge is 2.42. The number of hydrogen-bond acceptors (Lipinski definition) is 3. The molecule has 1 aliphatic carbocycles. The minimum Gasteiger partial charge on any atom is -0.297 e. The van der Waals surface area contributed by atoms with Crippen LogP contribution in [0.5, 0.6) is 0 Å². The molecule has 0 aromatic carbocycles. The van der Waals surface area contributed by atoms with E-state index in [0.29, 0.717) is 12.6 Å². The van der Waals surface area contributed by atoms with Gasteiger partial charge in [-0.1, -0.05) is 19.3 Å². The molecule has 0 radical (unpaired) electrons. The molecule has 1 saturated carbocycles. The van der Waals surface area contributed by atoms with Gasteiger partial charge in [0.1, 0.15) is 0 Å². The summed E-state index contributed by atoms with van der Waals surface area (Å²) >= 11 is 0. The van der Waals surface area contributed by atoms with Crippen LogP contribution < -0.4 is 0 Å². The molecule has 5 nitrogen and oxygen atoms in total. The van der Waals surface area contributed by atoms with Crippen molar-refractivity contribution in [3.63, 3.8) is 0 Å². The molecule has 0 aromatic heterocycles. The standard InChI is InChI=1S/C15H29N3O2S/c1-13-11-17-10-6-9-15(17)12-18(13)21(19,20)16(2)14-7-4-3-5-8-14/h13-15H,3-12H2,1-2H3/t13-,15-/m1/s1. The van der Waals surface area contributed by atoms with Gasteiger partial charge in [0.15, 0.2) is 0 Å². The number of rotatable bonds is 3. The van der Waals surface area contributed by atoms with Gasteiger partial charge in [-0.2, -0.15) is 17.0 Å². The molecular weight excluding hydrogens is 286 g/mol. The molecule has 0 unspecified atom stereocenters. The van der Waals surface area contributed by atoms with Crippen molar-refractivity contribution in [2.24, 2.45) is 0 Å². The number of nitrogens with zero attached hydrogens (tertiary/aromatic N) is 3. The van der Waals surface area contributed by atoms with Crippen molar-refractivity contribution in [1.29, 1.82) is 0 Å². The van der Waals surface area contributed by atoms with E-state index in [1.807, 2.05) is 0 Å². The van der Waals surface area contributed by atoms with Crippen LogP contribution in [-0.2, 0) is 10.2 Å². The van der Waals surface area contributed by atoms with E-state index in [2.05, 4.69) is 11.8 Å². The van der Waals surface area contributed by atoms with Crippen molar-refractivity contribution in [2.45, 2.75) is 70.0 Å². The summed E-state index contributed by atoms with van der Waals surface area (Å²) in [4.78, 5) is 2.47. The Morgan fingerprint density at radius 3 is 2.43 bits per heavy atom. The predicted molar refractivity (Wildman–Crippen MR) is 84.3 cm³/mol. The number of fused-ring (bicyclic) bond motifs is 1. The van der Waals surface area contributed by atoms with Crippen LogP contribution in [0.3, 0.4) is 0 Å². The minimum absolute atomic E-state index is 0.0930. The van der Waals surface area contributed by atoms with E-state index in [0.717, 1.165) is 45.2 Å². The molecule has 2 heterocycles. The third-order valence-corrected chi connectivity index (χ3v) is 7.76. The quantitative estimate of drug-likeness (QED) is 0.796. The van der Waals surface area contributed by atoms with Crippen LogP contribution in [0, 0.1) is 0 Å². The minimum atomic E-state index is -3.31. The van der Waals surface area contributed by atoms with Crippen molar-refractivity contribution in [1.82, 2.24) is 13.5 Å². The van der Waals surface area contributed by atoms with Gasteiger partial charge < -0.3 is 0 Å². The summed E-state index contributed by atoms with van der Waals surface area (Å²) in [5, 5.41) is 0. The van der Waals surface area contributed by atoms with Crippen LogP contribution in [0.1, 0.15) is 51.9 Å². The molecular formula is C15H29N3O2S. The highest BCUT2D eigenvalue weighted by molar-refractivity contribution is 7.86. The number of hydrogen-bond donors (Lipinski definition) is 0. The number of piperazine rings is 1. The third kappa shape index (κ3) is 3.00. The van der Waals surface area contributed by atoms with E-state index in [4.69, 9.17) is 0 Å². The molecule has 2 saturated heterocycles. The summed E-state index contributed by atoms with van der Waals surface area (Å²) in [6, 6.07) is 0.740. The lowest BCUT2D eigenvalue weighted by molar-refractivity contribution is 0.109. The second-order valence-electron chi connectivity index (χ2n) is 7.03. The second kappa shape index (κ2) is 6.14. The summed E-state index contributed by atoms with van der Waals surface area (Å²) < 4.78 is 29.5. The Labute approximate surface area is 129 Å². The first-order chi connectivity index (χ1) is 10.00. The molecule has 21 heavy (non-hydrogen) atoms. The second-order valence-corrected chi connectivity index (χ2v) is 8.97. The van der Waals surface area contributed by atoms with Crippen LogP contribution in [0.4, 0.5) is 0 Å². The van der Waals surface area contributed by atoms with E-state index >= 15 is 0 Å². The fourth-order valence-corrected chi connectivity index (χ4v) is 6.08. The monoisotopic (exact) mass is 315 g/mol. The van der Waals surface area contributed by atoms with Gasteiger partial charge in [0, 0.05) is 38.3 Å². The van der Waals surface area contributed by atoms with Gasteiger partial charge in [0.2, 0.25) is 0 Å². The van der Waals surface area contributed by atoms with Crippen LogP contribution in [0.25, 0.3) is 0 Å². The molecule has 2 aliphatic heterocycles. The maximum atomic E-state index is 13.0. The van der Waals surface area contributed by atoms with Crippen molar-refractivity contribution in [3.05, 3.63) is 0 Å². The Balaban J connectivity index is 1.73. The molecule has 2 atom stereocenters. The molecule has 6 heteroatoms.